The van der Waals surface area contributed by atoms with E-state index in [4.69, 9.17) is 33.9 Å². The highest BCUT2D eigenvalue weighted by molar-refractivity contribution is 7.99. The van der Waals surface area contributed by atoms with E-state index in [1.54, 1.807) is 27.7 Å². The number of hydrogen-bond donors (Lipinski definition) is 0. The summed E-state index contributed by atoms with van der Waals surface area (Å²) in [5.41, 5.74) is 1.42. The molecule has 0 fully saturated rings. The number of fused-ring (bicyclic) bond motifs is 1. The normalized spacial score (nSPS) is 11.4. The van der Waals surface area contributed by atoms with E-state index in [0.717, 1.165) is 51.0 Å². The summed E-state index contributed by atoms with van der Waals surface area (Å²) in [6, 6.07) is 35.5. The van der Waals surface area contributed by atoms with Crippen molar-refractivity contribution in [3.05, 3.63) is 109 Å². The summed E-state index contributed by atoms with van der Waals surface area (Å²) in [5, 5.41) is 4.20. The first-order chi connectivity index (χ1) is 22.6. The van der Waals surface area contributed by atoms with Crippen LogP contribution in [0.3, 0.4) is 0 Å². The first-order valence-electron chi connectivity index (χ1n) is 15.1. The van der Waals surface area contributed by atoms with Crippen LogP contribution >= 0.6 is 18.8 Å². The molecule has 0 saturated carbocycles. The predicted molar refractivity (Wildman–Crippen MR) is 188 cm³/mol. The number of methoxy groups -OCH3 is 3. The van der Waals surface area contributed by atoms with Crippen molar-refractivity contribution >= 4 is 51.7 Å². The van der Waals surface area contributed by atoms with Gasteiger partial charge in [-0.2, -0.15) is 0 Å². The second-order valence-electron chi connectivity index (χ2n) is 10.5. The molecule has 0 aliphatic carbocycles. The monoisotopic (exact) mass is 649 g/mol. The molecule has 0 aliphatic heterocycles. The molecule has 0 spiro atoms. The fourth-order valence-electron chi connectivity index (χ4n) is 5.49. The van der Waals surface area contributed by atoms with Crippen LogP contribution in [0.4, 0.5) is 5.82 Å². The van der Waals surface area contributed by atoms with E-state index in [9.17, 15) is 0 Å². The molecule has 2 heterocycles. The average molecular weight is 650 g/mol. The molecule has 10 heteroatoms. The highest BCUT2D eigenvalue weighted by Gasteiger charge is 2.29. The van der Waals surface area contributed by atoms with Gasteiger partial charge in [-0.15, -0.1) is 0 Å². The zero-order chi connectivity index (χ0) is 31.9. The van der Waals surface area contributed by atoms with E-state index < -0.39 is 7.05 Å². The summed E-state index contributed by atoms with van der Waals surface area (Å²) in [5.74, 6) is 2.28. The van der Waals surface area contributed by atoms with Crippen molar-refractivity contribution in [3.63, 3.8) is 0 Å². The van der Waals surface area contributed by atoms with Crippen LogP contribution in [0.2, 0.25) is 0 Å². The quantitative estimate of drug-likeness (QED) is 0.126. The van der Waals surface area contributed by atoms with E-state index in [-0.39, 0.29) is 0 Å². The van der Waals surface area contributed by atoms with Crippen LogP contribution < -0.4 is 30.1 Å². The maximum atomic E-state index is 5.67. The Bertz CT molecular complexity index is 1860. The number of ether oxygens (including phenoxy) is 3. The Morgan fingerprint density at radius 3 is 1.76 bits per heavy atom. The zero-order valence-corrected chi connectivity index (χ0v) is 28.0. The van der Waals surface area contributed by atoms with Crippen LogP contribution in [0.25, 0.3) is 11.2 Å². The second-order valence-corrected chi connectivity index (χ2v) is 14.5. The highest BCUT2D eigenvalue weighted by atomic mass is 32.2. The Morgan fingerprint density at radius 1 is 0.739 bits per heavy atom. The summed E-state index contributed by atoms with van der Waals surface area (Å²) in [6.45, 7) is 2.94. The Morgan fingerprint density at radius 2 is 1.28 bits per heavy atom. The maximum absolute atomic E-state index is 5.67. The number of unbranched alkanes of at least 4 members (excludes halogenated alkanes) is 1. The minimum atomic E-state index is -2.57. The first kappa shape index (κ1) is 31.4. The van der Waals surface area contributed by atoms with Gasteiger partial charge in [0.05, 0.1) is 28.4 Å². The molecule has 6 aromatic rings. The summed E-state index contributed by atoms with van der Waals surface area (Å²) < 4.78 is 24.7. The van der Waals surface area contributed by atoms with Crippen LogP contribution in [0.5, 0.6) is 17.2 Å². The fraction of sp³-hybridized carbons (Fsp3) is 0.194. The molecule has 8 nitrogen and oxygen atoms in total. The smallest absolute Gasteiger partial charge is 0.203 e. The van der Waals surface area contributed by atoms with E-state index in [1.807, 2.05) is 30.3 Å². The average Bonchev–Trinajstić information content (AvgIpc) is 3.47. The van der Waals surface area contributed by atoms with Crippen LogP contribution in [-0.2, 0) is 6.54 Å². The van der Waals surface area contributed by atoms with Crippen molar-refractivity contribution in [1.29, 1.82) is 0 Å². The lowest BCUT2D eigenvalue weighted by Gasteiger charge is -2.26. The third-order valence-corrected chi connectivity index (χ3v) is 12.3. The van der Waals surface area contributed by atoms with Crippen LogP contribution in [0.15, 0.2) is 124 Å². The Labute approximate surface area is 273 Å². The number of imidazole rings is 1. The van der Waals surface area contributed by atoms with Gasteiger partial charge in [-0.25, -0.2) is 19.7 Å². The van der Waals surface area contributed by atoms with Gasteiger partial charge in [0.25, 0.3) is 0 Å². The molecule has 0 amide bonds. The van der Waals surface area contributed by atoms with Crippen LogP contribution in [0.1, 0.15) is 19.8 Å². The largest absolute Gasteiger partial charge is 0.493 e. The SMILES string of the molecule is CCCCn1c(Sc2cc(OC)c(OC)c(OC)c2)nc2c(N=P(c3ccccc3)(c3ccccc3)c3ccccc3)ncnc21. The number of benzene rings is 4. The van der Waals surface area contributed by atoms with Gasteiger partial charge in [-0.05, 0) is 18.6 Å². The predicted octanol–water partition coefficient (Wildman–Crippen LogP) is 7.61. The molecule has 0 bridgehead atoms. The van der Waals surface area contributed by atoms with Crippen molar-refractivity contribution in [2.75, 3.05) is 21.3 Å². The Hall–Kier alpha value is -4.59. The summed E-state index contributed by atoms with van der Waals surface area (Å²) in [4.78, 5) is 15.6. The van der Waals surface area contributed by atoms with E-state index in [0.29, 0.717) is 28.6 Å². The third-order valence-electron chi connectivity index (χ3n) is 7.69. The lowest BCUT2D eigenvalue weighted by atomic mass is 10.3. The van der Waals surface area contributed by atoms with Gasteiger partial charge >= 0.3 is 0 Å². The molecular formula is C36H36N5O3PS. The van der Waals surface area contributed by atoms with Gasteiger partial charge in [0, 0.05) is 27.4 Å². The molecular weight excluding hydrogens is 613 g/mol. The Balaban J connectivity index is 1.61. The number of nitrogens with zero attached hydrogens (tertiary/aromatic N) is 5. The van der Waals surface area contributed by atoms with E-state index in [2.05, 4.69) is 84.3 Å². The molecule has 0 unspecified atom stereocenters. The number of aryl methyl sites for hydroxylation is 1. The topological polar surface area (TPSA) is 83.7 Å². The number of aromatic nitrogens is 4. The molecule has 0 aliphatic rings. The molecule has 0 atom stereocenters. The maximum Gasteiger partial charge on any atom is 0.203 e. The minimum absolute atomic E-state index is 0.545. The second kappa shape index (κ2) is 14.2. The van der Waals surface area contributed by atoms with E-state index >= 15 is 0 Å². The molecule has 2 aromatic heterocycles. The zero-order valence-electron chi connectivity index (χ0n) is 26.3. The van der Waals surface area contributed by atoms with Gasteiger partial charge in [-0.3, -0.25) is 0 Å². The van der Waals surface area contributed by atoms with E-state index in [1.165, 1.54) is 11.8 Å². The number of rotatable bonds is 12. The first-order valence-corrected chi connectivity index (χ1v) is 17.7. The molecule has 0 radical (unpaired) electrons. The molecule has 46 heavy (non-hydrogen) atoms. The van der Waals surface area contributed by atoms with Gasteiger partial charge in [0.1, 0.15) is 6.33 Å². The Kier molecular flexibility index (Phi) is 9.71. The van der Waals surface area contributed by atoms with Crippen molar-refractivity contribution < 1.29 is 14.2 Å². The van der Waals surface area contributed by atoms with Crippen molar-refractivity contribution in [3.8, 4) is 17.2 Å². The lowest BCUT2D eigenvalue weighted by Crippen LogP contribution is -2.25. The van der Waals surface area contributed by atoms with Crippen LogP contribution in [0, 0.1) is 0 Å². The fourth-order valence-corrected chi connectivity index (χ4v) is 9.94. The van der Waals surface area contributed by atoms with Crippen molar-refractivity contribution in [2.45, 2.75) is 36.4 Å². The summed E-state index contributed by atoms with van der Waals surface area (Å²) in [7, 11) is 2.27. The van der Waals surface area contributed by atoms with Crippen LogP contribution in [-0.4, -0.2) is 40.8 Å². The standard InChI is InChI=1S/C36H36N5O3PS/c1-5-6-22-41-35-32(39-36(41)46-29-23-30(42-2)33(44-4)31(24-29)43-3)34(37-25-38-35)40-45(26-16-10-7-11-17-26,27-18-12-8-13-19-27)28-20-14-9-15-21-28/h7-21,23-25H,5-6,22H2,1-4H3. The third kappa shape index (κ3) is 6.00. The summed E-state index contributed by atoms with van der Waals surface area (Å²) >= 11 is 1.52. The van der Waals surface area contributed by atoms with Gasteiger partial charge in [0.15, 0.2) is 33.6 Å². The molecule has 0 saturated heterocycles. The molecule has 4 aromatic carbocycles. The molecule has 6 rings (SSSR count). The highest BCUT2D eigenvalue weighted by Crippen LogP contribution is 2.50. The van der Waals surface area contributed by atoms with Gasteiger partial charge in [-0.1, -0.05) is 116 Å². The van der Waals surface area contributed by atoms with Crippen molar-refractivity contribution in [1.82, 2.24) is 19.5 Å². The van der Waals surface area contributed by atoms with Gasteiger partial charge in [0.2, 0.25) is 5.75 Å². The van der Waals surface area contributed by atoms with Gasteiger partial charge < -0.3 is 18.8 Å². The number of hydrogen-bond acceptors (Lipinski definition) is 8. The molecule has 0 N–H and O–H groups in total. The lowest BCUT2D eigenvalue weighted by molar-refractivity contribution is 0.323. The minimum Gasteiger partial charge on any atom is -0.493 e. The summed E-state index contributed by atoms with van der Waals surface area (Å²) in [6.07, 6.45) is 3.61. The van der Waals surface area contributed by atoms with Crippen molar-refractivity contribution in [2.24, 2.45) is 4.74 Å². The molecule has 234 valence electrons.